The van der Waals surface area contributed by atoms with Gasteiger partial charge in [-0.2, -0.15) is 0 Å². The van der Waals surface area contributed by atoms with E-state index in [0.29, 0.717) is 17.1 Å². The van der Waals surface area contributed by atoms with Gasteiger partial charge in [-0.1, -0.05) is 35.9 Å². The topological polar surface area (TPSA) is 46.0 Å². The molecule has 0 amide bonds. The summed E-state index contributed by atoms with van der Waals surface area (Å²) in [5.41, 5.74) is 3.16. The van der Waals surface area contributed by atoms with Gasteiger partial charge in [0.1, 0.15) is 6.10 Å². The van der Waals surface area contributed by atoms with Crippen molar-refractivity contribution in [3.8, 4) is 0 Å². The number of benzene rings is 2. The van der Waals surface area contributed by atoms with Crippen LogP contribution in [0, 0.1) is 0 Å². The van der Waals surface area contributed by atoms with E-state index in [1.54, 1.807) is 6.20 Å². The zero-order valence-corrected chi connectivity index (χ0v) is 11.5. The highest BCUT2D eigenvalue weighted by Crippen LogP contribution is 2.20. The first-order chi connectivity index (χ1) is 9.72. The maximum atomic E-state index is 10.3. The molecule has 3 nitrogen and oxygen atoms in total. The van der Waals surface area contributed by atoms with Crippen molar-refractivity contribution < 1.29 is 5.11 Å². The van der Waals surface area contributed by atoms with Crippen LogP contribution in [-0.4, -0.2) is 15.1 Å². The number of halogens is 1. The Hall–Kier alpha value is -1.97. The zero-order chi connectivity index (χ0) is 13.9. The molecule has 4 heteroatoms. The Morgan fingerprint density at radius 1 is 1.05 bits per heavy atom. The SMILES string of the molecule is OC(Cc1cccc(Cl)c1)c1cnc2ccccc2n1. The predicted molar refractivity (Wildman–Crippen MR) is 79.7 cm³/mol. The molecule has 100 valence electrons. The molecule has 1 N–H and O–H groups in total. The Morgan fingerprint density at radius 3 is 2.65 bits per heavy atom. The van der Waals surface area contributed by atoms with Crippen LogP contribution < -0.4 is 0 Å². The van der Waals surface area contributed by atoms with Gasteiger partial charge < -0.3 is 5.11 Å². The van der Waals surface area contributed by atoms with Crippen LogP contribution in [0.3, 0.4) is 0 Å². The van der Waals surface area contributed by atoms with Crippen LogP contribution >= 0.6 is 11.6 Å². The molecule has 1 aromatic heterocycles. The molecule has 3 rings (SSSR count). The van der Waals surface area contributed by atoms with Gasteiger partial charge in [0.05, 0.1) is 22.9 Å². The standard InChI is InChI=1S/C16H13ClN2O/c17-12-5-3-4-11(8-12)9-16(20)15-10-18-13-6-1-2-7-14(13)19-15/h1-8,10,16,20H,9H2. The highest BCUT2D eigenvalue weighted by atomic mass is 35.5. The van der Waals surface area contributed by atoms with Crippen molar-refractivity contribution in [3.63, 3.8) is 0 Å². The van der Waals surface area contributed by atoms with Crippen molar-refractivity contribution in [2.24, 2.45) is 0 Å². The monoisotopic (exact) mass is 284 g/mol. The predicted octanol–water partition coefficient (Wildman–Crippen LogP) is 3.56. The molecule has 0 aliphatic rings. The summed E-state index contributed by atoms with van der Waals surface area (Å²) in [4.78, 5) is 8.76. The lowest BCUT2D eigenvalue weighted by Crippen LogP contribution is -2.05. The minimum atomic E-state index is -0.689. The van der Waals surface area contributed by atoms with E-state index in [1.807, 2.05) is 48.5 Å². The Bertz CT molecular complexity index is 745. The summed E-state index contributed by atoms with van der Waals surface area (Å²) in [5.74, 6) is 0. The lowest BCUT2D eigenvalue weighted by molar-refractivity contribution is 0.173. The van der Waals surface area contributed by atoms with Crippen molar-refractivity contribution in [3.05, 3.63) is 71.0 Å². The zero-order valence-electron chi connectivity index (χ0n) is 10.7. The molecule has 0 saturated carbocycles. The summed E-state index contributed by atoms with van der Waals surface area (Å²) in [6, 6.07) is 15.1. The van der Waals surface area contributed by atoms with E-state index in [0.717, 1.165) is 16.6 Å². The number of hydrogen-bond acceptors (Lipinski definition) is 3. The summed E-state index contributed by atoms with van der Waals surface area (Å²) in [7, 11) is 0. The van der Waals surface area contributed by atoms with E-state index in [9.17, 15) is 5.11 Å². The molecule has 0 bridgehead atoms. The first kappa shape index (κ1) is 13.0. The largest absolute Gasteiger partial charge is 0.386 e. The number of aliphatic hydroxyl groups excluding tert-OH is 1. The summed E-state index contributed by atoms with van der Waals surface area (Å²) in [5, 5.41) is 10.9. The second kappa shape index (κ2) is 5.57. The van der Waals surface area contributed by atoms with Gasteiger partial charge in [-0.3, -0.25) is 4.98 Å². The van der Waals surface area contributed by atoms with E-state index in [4.69, 9.17) is 11.6 Å². The molecule has 0 saturated heterocycles. The maximum Gasteiger partial charge on any atom is 0.102 e. The van der Waals surface area contributed by atoms with Crippen molar-refractivity contribution in [2.75, 3.05) is 0 Å². The van der Waals surface area contributed by atoms with Gasteiger partial charge in [-0.25, -0.2) is 4.98 Å². The van der Waals surface area contributed by atoms with E-state index in [2.05, 4.69) is 9.97 Å². The number of aromatic nitrogens is 2. The van der Waals surface area contributed by atoms with E-state index < -0.39 is 6.10 Å². The molecule has 0 aliphatic heterocycles. The Kier molecular flexibility index (Phi) is 3.63. The van der Waals surface area contributed by atoms with Crippen LogP contribution in [0.25, 0.3) is 11.0 Å². The third-order valence-electron chi connectivity index (χ3n) is 3.13. The van der Waals surface area contributed by atoms with Crippen molar-refractivity contribution in [1.82, 2.24) is 9.97 Å². The second-order valence-corrected chi connectivity index (χ2v) is 5.07. The van der Waals surface area contributed by atoms with Gasteiger partial charge in [0, 0.05) is 11.4 Å². The van der Waals surface area contributed by atoms with Gasteiger partial charge in [-0.05, 0) is 29.8 Å². The van der Waals surface area contributed by atoms with Crippen molar-refractivity contribution in [1.29, 1.82) is 0 Å². The molecule has 1 unspecified atom stereocenters. The molecular weight excluding hydrogens is 272 g/mol. The number of hydrogen-bond donors (Lipinski definition) is 1. The molecule has 0 radical (unpaired) electrons. The number of fused-ring (bicyclic) bond motifs is 1. The Labute approximate surface area is 121 Å². The highest BCUT2D eigenvalue weighted by molar-refractivity contribution is 6.30. The molecule has 20 heavy (non-hydrogen) atoms. The first-order valence-corrected chi connectivity index (χ1v) is 6.74. The fourth-order valence-electron chi connectivity index (χ4n) is 2.12. The summed E-state index contributed by atoms with van der Waals surface area (Å²) < 4.78 is 0. The van der Waals surface area contributed by atoms with Gasteiger partial charge in [0.25, 0.3) is 0 Å². The number of nitrogens with zero attached hydrogens (tertiary/aromatic N) is 2. The lowest BCUT2D eigenvalue weighted by Gasteiger charge is -2.10. The van der Waals surface area contributed by atoms with Crippen LogP contribution in [-0.2, 0) is 6.42 Å². The smallest absolute Gasteiger partial charge is 0.102 e. The maximum absolute atomic E-state index is 10.3. The summed E-state index contributed by atoms with van der Waals surface area (Å²) in [6.07, 6.45) is 1.40. The molecule has 0 fully saturated rings. The third-order valence-corrected chi connectivity index (χ3v) is 3.36. The van der Waals surface area contributed by atoms with Crippen molar-refractivity contribution >= 4 is 22.6 Å². The fourth-order valence-corrected chi connectivity index (χ4v) is 2.34. The molecule has 2 aromatic carbocycles. The third kappa shape index (κ3) is 2.79. The normalized spacial score (nSPS) is 12.5. The summed E-state index contributed by atoms with van der Waals surface area (Å²) in [6.45, 7) is 0. The van der Waals surface area contributed by atoms with Crippen LogP contribution in [0.5, 0.6) is 0 Å². The Morgan fingerprint density at radius 2 is 1.85 bits per heavy atom. The summed E-state index contributed by atoms with van der Waals surface area (Å²) >= 11 is 5.94. The average Bonchev–Trinajstić information content (AvgIpc) is 2.47. The quantitative estimate of drug-likeness (QED) is 0.800. The number of aliphatic hydroxyl groups is 1. The fraction of sp³-hybridized carbons (Fsp3) is 0.125. The van der Waals surface area contributed by atoms with Gasteiger partial charge in [0.2, 0.25) is 0 Å². The highest BCUT2D eigenvalue weighted by Gasteiger charge is 2.11. The first-order valence-electron chi connectivity index (χ1n) is 6.36. The minimum absolute atomic E-state index is 0.466. The molecule has 0 spiro atoms. The lowest BCUT2D eigenvalue weighted by atomic mass is 10.1. The van der Waals surface area contributed by atoms with Crippen LogP contribution in [0.4, 0.5) is 0 Å². The van der Waals surface area contributed by atoms with Gasteiger partial charge in [-0.15, -0.1) is 0 Å². The Balaban J connectivity index is 1.86. The van der Waals surface area contributed by atoms with Gasteiger partial charge >= 0.3 is 0 Å². The molecular formula is C16H13ClN2O. The molecule has 3 aromatic rings. The van der Waals surface area contributed by atoms with Crippen LogP contribution in [0.2, 0.25) is 5.02 Å². The molecule has 0 aliphatic carbocycles. The number of para-hydroxylation sites is 2. The van der Waals surface area contributed by atoms with Crippen LogP contribution in [0.1, 0.15) is 17.4 Å². The molecule has 1 atom stereocenters. The van der Waals surface area contributed by atoms with E-state index in [-0.39, 0.29) is 0 Å². The van der Waals surface area contributed by atoms with Gasteiger partial charge in [0.15, 0.2) is 0 Å². The number of rotatable bonds is 3. The van der Waals surface area contributed by atoms with Crippen molar-refractivity contribution in [2.45, 2.75) is 12.5 Å². The molecule has 1 heterocycles. The van der Waals surface area contributed by atoms with E-state index >= 15 is 0 Å². The minimum Gasteiger partial charge on any atom is -0.386 e. The average molecular weight is 285 g/mol. The van der Waals surface area contributed by atoms with E-state index in [1.165, 1.54) is 0 Å². The second-order valence-electron chi connectivity index (χ2n) is 4.63. The van der Waals surface area contributed by atoms with Crippen LogP contribution in [0.15, 0.2) is 54.7 Å².